The minimum Gasteiger partial charge on any atom is -0.481 e. The molecule has 0 aromatic heterocycles. The first-order chi connectivity index (χ1) is 9.30. The summed E-state index contributed by atoms with van der Waals surface area (Å²) in [7, 11) is 0. The summed E-state index contributed by atoms with van der Waals surface area (Å²) in [5, 5.41) is 13.2. The highest BCUT2D eigenvalue weighted by molar-refractivity contribution is 6.42. The van der Waals surface area contributed by atoms with Crippen molar-refractivity contribution in [3.8, 4) is 0 Å². The van der Waals surface area contributed by atoms with E-state index in [0.717, 1.165) is 25.1 Å². The van der Waals surface area contributed by atoms with E-state index in [1.54, 1.807) is 6.07 Å². The van der Waals surface area contributed by atoms with Crippen LogP contribution in [0.1, 0.15) is 38.7 Å². The van der Waals surface area contributed by atoms with E-state index in [0.29, 0.717) is 16.5 Å². The number of hydrogen-bond acceptors (Lipinski definition) is 2. The van der Waals surface area contributed by atoms with Crippen molar-refractivity contribution in [3.63, 3.8) is 0 Å². The van der Waals surface area contributed by atoms with E-state index in [1.165, 1.54) is 0 Å². The predicted octanol–water partition coefficient (Wildman–Crippen LogP) is 4.36. The summed E-state index contributed by atoms with van der Waals surface area (Å²) in [5.74, 6) is -0.734. The molecule has 0 radical (unpaired) electrons. The van der Waals surface area contributed by atoms with Crippen molar-refractivity contribution in [2.75, 3.05) is 6.54 Å². The number of benzene rings is 1. The number of nitrogens with one attached hydrogen (secondary N) is 1. The van der Waals surface area contributed by atoms with E-state index in [9.17, 15) is 4.79 Å². The molecule has 0 aliphatic rings. The lowest BCUT2D eigenvalue weighted by Gasteiger charge is -2.23. The lowest BCUT2D eigenvalue weighted by Crippen LogP contribution is -2.23. The van der Waals surface area contributed by atoms with Gasteiger partial charge in [0.15, 0.2) is 0 Å². The zero-order valence-electron chi connectivity index (χ0n) is 11.9. The Morgan fingerprint density at radius 3 is 2.55 bits per heavy atom. The van der Waals surface area contributed by atoms with Gasteiger partial charge in [-0.25, -0.2) is 0 Å². The third-order valence-electron chi connectivity index (χ3n) is 3.31. The average molecular weight is 318 g/mol. The van der Waals surface area contributed by atoms with Gasteiger partial charge >= 0.3 is 5.97 Å². The van der Waals surface area contributed by atoms with E-state index in [4.69, 9.17) is 28.3 Å². The molecule has 0 aliphatic carbocycles. The van der Waals surface area contributed by atoms with Gasteiger partial charge in [-0.05, 0) is 42.5 Å². The molecule has 0 unspecified atom stereocenters. The third kappa shape index (κ3) is 6.60. The molecule has 1 rings (SSSR count). The van der Waals surface area contributed by atoms with Gasteiger partial charge in [-0.15, -0.1) is 0 Å². The number of carbonyl (C=O) groups is 1. The van der Waals surface area contributed by atoms with E-state index < -0.39 is 5.97 Å². The molecular formula is C15H21Cl2NO2. The second kappa shape index (κ2) is 7.87. The van der Waals surface area contributed by atoms with Crippen molar-refractivity contribution in [1.29, 1.82) is 0 Å². The Hall–Kier alpha value is -0.770. The Morgan fingerprint density at radius 2 is 1.95 bits per heavy atom. The lowest BCUT2D eigenvalue weighted by atomic mass is 9.84. The molecule has 0 saturated heterocycles. The summed E-state index contributed by atoms with van der Waals surface area (Å²) in [6.45, 7) is 5.76. The quantitative estimate of drug-likeness (QED) is 0.700. The van der Waals surface area contributed by atoms with Gasteiger partial charge in [0.25, 0.3) is 0 Å². The molecule has 0 fully saturated rings. The van der Waals surface area contributed by atoms with E-state index >= 15 is 0 Å². The maximum absolute atomic E-state index is 10.6. The fourth-order valence-corrected chi connectivity index (χ4v) is 2.20. The maximum atomic E-state index is 10.6. The van der Waals surface area contributed by atoms with E-state index in [2.05, 4.69) is 19.2 Å². The number of hydrogen-bond donors (Lipinski definition) is 2. The Balaban J connectivity index is 2.30. The van der Waals surface area contributed by atoms with Gasteiger partial charge in [0, 0.05) is 13.0 Å². The van der Waals surface area contributed by atoms with Gasteiger partial charge in [0.05, 0.1) is 10.0 Å². The van der Waals surface area contributed by atoms with Gasteiger partial charge in [-0.1, -0.05) is 43.1 Å². The Kier molecular flexibility index (Phi) is 6.80. The van der Waals surface area contributed by atoms with Gasteiger partial charge in [0.2, 0.25) is 0 Å². The molecule has 5 heteroatoms. The lowest BCUT2D eigenvalue weighted by molar-refractivity contribution is -0.137. The Bertz CT molecular complexity index is 461. The zero-order chi connectivity index (χ0) is 15.2. The normalized spacial score (nSPS) is 11.6. The van der Waals surface area contributed by atoms with Gasteiger partial charge in [-0.3, -0.25) is 4.79 Å². The summed E-state index contributed by atoms with van der Waals surface area (Å²) in [4.78, 5) is 10.6. The first-order valence-corrected chi connectivity index (χ1v) is 7.42. The SMILES string of the molecule is CC(C)(CCNCc1ccc(Cl)c(Cl)c1)CCC(=O)O. The highest BCUT2D eigenvalue weighted by Crippen LogP contribution is 2.26. The smallest absolute Gasteiger partial charge is 0.303 e. The molecule has 2 N–H and O–H groups in total. The first kappa shape index (κ1) is 17.3. The Morgan fingerprint density at radius 1 is 1.25 bits per heavy atom. The average Bonchev–Trinajstić information content (AvgIpc) is 2.37. The second-order valence-corrected chi connectivity index (χ2v) is 6.55. The van der Waals surface area contributed by atoms with Crippen LogP contribution >= 0.6 is 23.2 Å². The number of carboxylic acid groups (broad SMARTS) is 1. The summed E-state index contributed by atoms with van der Waals surface area (Å²) in [6.07, 6.45) is 1.85. The topological polar surface area (TPSA) is 49.3 Å². The third-order valence-corrected chi connectivity index (χ3v) is 4.05. The van der Waals surface area contributed by atoms with Crippen molar-refractivity contribution in [2.45, 2.75) is 39.7 Å². The highest BCUT2D eigenvalue weighted by atomic mass is 35.5. The van der Waals surface area contributed by atoms with Crippen molar-refractivity contribution in [3.05, 3.63) is 33.8 Å². The minimum absolute atomic E-state index is 0.0308. The van der Waals surface area contributed by atoms with Gasteiger partial charge < -0.3 is 10.4 Å². The van der Waals surface area contributed by atoms with Crippen LogP contribution in [0.3, 0.4) is 0 Å². The monoisotopic (exact) mass is 317 g/mol. The van der Waals surface area contributed by atoms with Crippen LogP contribution in [0, 0.1) is 5.41 Å². The van der Waals surface area contributed by atoms with Crippen LogP contribution in [-0.4, -0.2) is 17.6 Å². The molecule has 0 amide bonds. The number of rotatable bonds is 8. The molecule has 3 nitrogen and oxygen atoms in total. The fraction of sp³-hybridized carbons (Fsp3) is 0.533. The summed E-state index contributed by atoms with van der Waals surface area (Å²) in [5.41, 5.74) is 1.12. The zero-order valence-corrected chi connectivity index (χ0v) is 13.4. The molecule has 0 heterocycles. The minimum atomic E-state index is -0.734. The van der Waals surface area contributed by atoms with Crippen LogP contribution in [0.15, 0.2) is 18.2 Å². The standard InChI is InChI=1S/C15H21Cl2NO2/c1-15(2,6-5-14(19)20)7-8-18-10-11-3-4-12(16)13(17)9-11/h3-4,9,18H,5-8,10H2,1-2H3,(H,19,20). The number of halogens is 2. The molecule has 0 bridgehead atoms. The van der Waals surface area contributed by atoms with Crippen LogP contribution in [0.5, 0.6) is 0 Å². The van der Waals surface area contributed by atoms with E-state index in [1.807, 2.05) is 12.1 Å². The number of carboxylic acids is 1. The van der Waals surface area contributed by atoms with Crippen LogP contribution < -0.4 is 5.32 Å². The molecular weight excluding hydrogens is 297 g/mol. The van der Waals surface area contributed by atoms with Crippen molar-refractivity contribution < 1.29 is 9.90 Å². The molecule has 0 aliphatic heterocycles. The van der Waals surface area contributed by atoms with Crippen LogP contribution in [0.4, 0.5) is 0 Å². The fourth-order valence-electron chi connectivity index (χ4n) is 1.88. The summed E-state index contributed by atoms with van der Waals surface area (Å²) in [6, 6.07) is 5.58. The second-order valence-electron chi connectivity index (χ2n) is 5.73. The maximum Gasteiger partial charge on any atom is 0.303 e. The molecule has 20 heavy (non-hydrogen) atoms. The highest BCUT2D eigenvalue weighted by Gasteiger charge is 2.18. The molecule has 112 valence electrons. The van der Waals surface area contributed by atoms with E-state index in [-0.39, 0.29) is 11.8 Å². The van der Waals surface area contributed by atoms with Crippen molar-refractivity contribution in [2.24, 2.45) is 5.41 Å². The molecule has 1 aromatic rings. The van der Waals surface area contributed by atoms with Gasteiger partial charge in [0.1, 0.15) is 0 Å². The largest absolute Gasteiger partial charge is 0.481 e. The number of aliphatic carboxylic acids is 1. The molecule has 0 spiro atoms. The molecule has 1 aromatic carbocycles. The van der Waals surface area contributed by atoms with Crippen LogP contribution in [0.2, 0.25) is 10.0 Å². The van der Waals surface area contributed by atoms with Crippen LogP contribution in [-0.2, 0) is 11.3 Å². The van der Waals surface area contributed by atoms with Crippen LogP contribution in [0.25, 0.3) is 0 Å². The molecule has 0 saturated carbocycles. The van der Waals surface area contributed by atoms with Crippen molar-refractivity contribution in [1.82, 2.24) is 5.32 Å². The Labute approximate surface area is 130 Å². The van der Waals surface area contributed by atoms with Gasteiger partial charge in [-0.2, -0.15) is 0 Å². The predicted molar refractivity (Wildman–Crippen MR) is 83.4 cm³/mol. The van der Waals surface area contributed by atoms with Crippen molar-refractivity contribution >= 4 is 29.2 Å². The summed E-state index contributed by atoms with van der Waals surface area (Å²) >= 11 is 11.8. The molecule has 0 atom stereocenters. The first-order valence-electron chi connectivity index (χ1n) is 6.67. The summed E-state index contributed by atoms with van der Waals surface area (Å²) < 4.78 is 0.